The van der Waals surface area contributed by atoms with Gasteiger partial charge in [-0.25, -0.2) is 0 Å². The highest BCUT2D eigenvalue weighted by Gasteiger charge is 2.12. The van der Waals surface area contributed by atoms with E-state index in [1.807, 2.05) is 26.0 Å². The molecule has 0 aliphatic carbocycles. The third-order valence-electron chi connectivity index (χ3n) is 2.49. The van der Waals surface area contributed by atoms with Gasteiger partial charge in [0.05, 0.1) is 6.04 Å². The van der Waals surface area contributed by atoms with E-state index in [9.17, 15) is 0 Å². The second-order valence-electron chi connectivity index (χ2n) is 3.94. The summed E-state index contributed by atoms with van der Waals surface area (Å²) >= 11 is 0. The second-order valence-corrected chi connectivity index (χ2v) is 3.94. The molecule has 0 bridgehead atoms. The molecule has 1 unspecified atom stereocenters. The Bertz CT molecular complexity index is 470. The van der Waals surface area contributed by atoms with Crippen molar-refractivity contribution < 1.29 is 4.42 Å². The highest BCUT2D eigenvalue weighted by molar-refractivity contribution is 5.21. The number of aromatic nitrogens is 3. The molecule has 0 spiro atoms. The number of nitrogens with one attached hydrogen (secondary N) is 2. The summed E-state index contributed by atoms with van der Waals surface area (Å²) in [7, 11) is 0. The Morgan fingerprint density at radius 1 is 1.39 bits per heavy atom. The lowest BCUT2D eigenvalue weighted by molar-refractivity contribution is 0.428. The highest BCUT2D eigenvalue weighted by Crippen LogP contribution is 2.13. The number of hydrogen-bond donors (Lipinski definition) is 2. The Labute approximate surface area is 106 Å². The zero-order valence-electron chi connectivity index (χ0n) is 10.6. The van der Waals surface area contributed by atoms with E-state index in [0.29, 0.717) is 18.5 Å². The Kier molecular flexibility index (Phi) is 4.25. The molecule has 0 aliphatic heterocycles. The molecule has 0 radical (unpaired) electrons. The molecule has 18 heavy (non-hydrogen) atoms. The first-order chi connectivity index (χ1) is 8.79. The van der Waals surface area contributed by atoms with Gasteiger partial charge in [-0.15, -0.1) is 5.10 Å². The van der Waals surface area contributed by atoms with E-state index >= 15 is 0 Å². The summed E-state index contributed by atoms with van der Waals surface area (Å²) in [5.74, 6) is 0.588. The van der Waals surface area contributed by atoms with Crippen molar-refractivity contribution in [3.63, 3.8) is 0 Å². The average Bonchev–Trinajstić information content (AvgIpc) is 2.87. The molecule has 0 saturated carbocycles. The molecule has 96 valence electrons. The van der Waals surface area contributed by atoms with Crippen LogP contribution in [0.4, 0.5) is 6.01 Å². The number of hydrogen-bond acceptors (Lipinski definition) is 6. The van der Waals surface area contributed by atoms with Crippen molar-refractivity contribution in [1.29, 1.82) is 0 Å². The molecule has 6 nitrogen and oxygen atoms in total. The van der Waals surface area contributed by atoms with E-state index in [1.54, 1.807) is 12.4 Å². The molecule has 2 aromatic rings. The molecule has 2 heterocycles. The number of rotatable bonds is 6. The smallest absolute Gasteiger partial charge is 0.315 e. The summed E-state index contributed by atoms with van der Waals surface area (Å²) in [5.41, 5.74) is 1.07. The third-order valence-corrected chi connectivity index (χ3v) is 2.49. The van der Waals surface area contributed by atoms with Gasteiger partial charge < -0.3 is 15.1 Å². The monoisotopic (exact) mass is 247 g/mol. The van der Waals surface area contributed by atoms with Crippen molar-refractivity contribution >= 4 is 6.01 Å². The van der Waals surface area contributed by atoms with Gasteiger partial charge in [0.15, 0.2) is 0 Å². The van der Waals surface area contributed by atoms with Crippen molar-refractivity contribution in [2.75, 3.05) is 11.9 Å². The minimum Gasteiger partial charge on any atom is -0.406 e. The topological polar surface area (TPSA) is 75.9 Å². The number of anilines is 1. The van der Waals surface area contributed by atoms with Crippen molar-refractivity contribution in [3.8, 4) is 0 Å². The van der Waals surface area contributed by atoms with E-state index in [-0.39, 0.29) is 6.04 Å². The SMILES string of the molecule is CCNC(C)c1nnc(NCc2cccnc2)o1. The fourth-order valence-electron chi connectivity index (χ4n) is 1.55. The summed E-state index contributed by atoms with van der Waals surface area (Å²) in [5, 5.41) is 14.2. The van der Waals surface area contributed by atoms with Crippen LogP contribution in [0.3, 0.4) is 0 Å². The van der Waals surface area contributed by atoms with Crippen LogP contribution in [0, 0.1) is 0 Å². The molecule has 6 heteroatoms. The van der Waals surface area contributed by atoms with Crippen LogP contribution in [0.25, 0.3) is 0 Å². The van der Waals surface area contributed by atoms with Gasteiger partial charge in [0.1, 0.15) is 0 Å². The number of pyridine rings is 1. The summed E-state index contributed by atoms with van der Waals surface area (Å²) in [4.78, 5) is 4.04. The molecule has 0 fully saturated rings. The molecule has 2 aromatic heterocycles. The van der Waals surface area contributed by atoms with Crippen LogP contribution in [-0.4, -0.2) is 21.7 Å². The van der Waals surface area contributed by atoms with Crippen LogP contribution in [0.1, 0.15) is 31.3 Å². The van der Waals surface area contributed by atoms with Gasteiger partial charge in [-0.05, 0) is 25.1 Å². The lowest BCUT2D eigenvalue weighted by Crippen LogP contribution is -2.17. The molecule has 0 aliphatic rings. The maximum atomic E-state index is 5.50. The van der Waals surface area contributed by atoms with Crippen LogP contribution in [-0.2, 0) is 6.54 Å². The van der Waals surface area contributed by atoms with Crippen LogP contribution in [0.15, 0.2) is 28.9 Å². The summed E-state index contributed by atoms with van der Waals surface area (Å²) in [6, 6.07) is 4.37. The minimum atomic E-state index is 0.0661. The third kappa shape index (κ3) is 3.27. The fraction of sp³-hybridized carbons (Fsp3) is 0.417. The normalized spacial score (nSPS) is 12.3. The number of nitrogens with zero attached hydrogens (tertiary/aromatic N) is 3. The first kappa shape index (κ1) is 12.5. The molecule has 2 rings (SSSR count). The maximum Gasteiger partial charge on any atom is 0.315 e. The first-order valence-corrected chi connectivity index (χ1v) is 5.99. The molecule has 0 saturated heterocycles. The summed E-state index contributed by atoms with van der Waals surface area (Å²) in [6.45, 7) is 5.50. The molecule has 2 N–H and O–H groups in total. The summed E-state index contributed by atoms with van der Waals surface area (Å²) < 4.78 is 5.50. The zero-order valence-corrected chi connectivity index (χ0v) is 10.6. The summed E-state index contributed by atoms with van der Waals surface area (Å²) in [6.07, 6.45) is 3.54. The average molecular weight is 247 g/mol. The molecule has 1 atom stereocenters. The van der Waals surface area contributed by atoms with Crippen LogP contribution in [0.5, 0.6) is 0 Å². The maximum absolute atomic E-state index is 5.50. The lowest BCUT2D eigenvalue weighted by Gasteiger charge is -2.05. The van der Waals surface area contributed by atoms with Crippen LogP contribution in [0.2, 0.25) is 0 Å². The van der Waals surface area contributed by atoms with Crippen LogP contribution >= 0.6 is 0 Å². The largest absolute Gasteiger partial charge is 0.406 e. The Morgan fingerprint density at radius 2 is 2.28 bits per heavy atom. The quantitative estimate of drug-likeness (QED) is 0.810. The first-order valence-electron chi connectivity index (χ1n) is 5.99. The Hall–Kier alpha value is -1.95. The highest BCUT2D eigenvalue weighted by atomic mass is 16.4. The minimum absolute atomic E-state index is 0.0661. The van der Waals surface area contributed by atoms with Gasteiger partial charge in [-0.3, -0.25) is 4.98 Å². The van der Waals surface area contributed by atoms with Gasteiger partial charge in [-0.1, -0.05) is 18.1 Å². The van der Waals surface area contributed by atoms with Crippen molar-refractivity contribution in [2.24, 2.45) is 0 Å². The van der Waals surface area contributed by atoms with Gasteiger partial charge >= 0.3 is 6.01 Å². The van der Waals surface area contributed by atoms with E-state index < -0.39 is 0 Å². The van der Waals surface area contributed by atoms with E-state index in [1.165, 1.54) is 0 Å². The fourth-order valence-corrected chi connectivity index (χ4v) is 1.55. The van der Waals surface area contributed by atoms with E-state index in [4.69, 9.17) is 4.42 Å². The van der Waals surface area contributed by atoms with Crippen molar-refractivity contribution in [1.82, 2.24) is 20.5 Å². The standard InChI is InChI=1S/C12H17N5O/c1-3-14-9(2)11-16-17-12(18-11)15-8-10-5-4-6-13-7-10/h4-7,9,14H,3,8H2,1-2H3,(H,15,17). The molecule has 0 amide bonds. The Morgan fingerprint density at radius 3 is 3.00 bits per heavy atom. The molecular formula is C12H17N5O. The van der Waals surface area contributed by atoms with Crippen LogP contribution < -0.4 is 10.6 Å². The predicted octanol–water partition coefficient (Wildman–Crippen LogP) is 1.75. The van der Waals surface area contributed by atoms with Gasteiger partial charge in [0, 0.05) is 18.9 Å². The van der Waals surface area contributed by atoms with Crippen molar-refractivity contribution in [2.45, 2.75) is 26.4 Å². The predicted molar refractivity (Wildman–Crippen MR) is 68.0 cm³/mol. The molecule has 0 aromatic carbocycles. The lowest BCUT2D eigenvalue weighted by atomic mass is 10.3. The molecular weight excluding hydrogens is 230 g/mol. The van der Waals surface area contributed by atoms with Gasteiger partial charge in [0.25, 0.3) is 0 Å². The van der Waals surface area contributed by atoms with Gasteiger partial charge in [0.2, 0.25) is 5.89 Å². The van der Waals surface area contributed by atoms with E-state index in [2.05, 4.69) is 25.8 Å². The second kappa shape index (κ2) is 6.11. The van der Waals surface area contributed by atoms with Gasteiger partial charge in [-0.2, -0.15) is 0 Å². The Balaban J connectivity index is 1.91. The van der Waals surface area contributed by atoms with Crippen molar-refractivity contribution in [3.05, 3.63) is 36.0 Å². The van der Waals surface area contributed by atoms with E-state index in [0.717, 1.165) is 12.1 Å². The zero-order chi connectivity index (χ0) is 12.8.